The molecule has 11 heavy (non-hydrogen) atoms. The number of ether oxygens (including phenoxy) is 2. The fourth-order valence-corrected chi connectivity index (χ4v) is 0.175. The Kier molecular flexibility index (Phi) is 17.8. The molecule has 0 bridgehead atoms. The van der Waals surface area contributed by atoms with Gasteiger partial charge >= 0.3 is 0 Å². The molecule has 0 aromatic rings. The van der Waals surface area contributed by atoms with Gasteiger partial charge in [-0.1, -0.05) is 12.7 Å². The molecule has 0 aliphatic carbocycles. The SMILES string of the molecule is C=CCOC=O.CCOC=O. The molecule has 0 fully saturated rings. The van der Waals surface area contributed by atoms with Crippen LogP contribution in [0.15, 0.2) is 12.7 Å². The standard InChI is InChI=1S/C4H6O2.C3H6O2/c1-2-3-6-4-5;1-2-5-3-4/h2,4H,1,3H2;3H,2H2,1H3. The van der Waals surface area contributed by atoms with Crippen molar-refractivity contribution in [2.45, 2.75) is 6.92 Å². The molecule has 0 amide bonds. The number of rotatable bonds is 5. The highest BCUT2D eigenvalue weighted by Gasteiger charge is 1.65. The van der Waals surface area contributed by atoms with Gasteiger partial charge in [-0.05, 0) is 6.92 Å². The predicted octanol–water partition coefficient (Wildman–Crippen LogP) is 0.525. The van der Waals surface area contributed by atoms with E-state index in [0.717, 1.165) is 0 Å². The second-order valence-corrected chi connectivity index (χ2v) is 1.27. The highest BCUT2D eigenvalue weighted by Crippen LogP contribution is 1.62. The van der Waals surface area contributed by atoms with Gasteiger partial charge in [0.25, 0.3) is 12.9 Å². The molecule has 0 aromatic heterocycles. The van der Waals surface area contributed by atoms with Gasteiger partial charge in [0.1, 0.15) is 6.61 Å². The van der Waals surface area contributed by atoms with Gasteiger partial charge in [-0.15, -0.1) is 0 Å². The number of carbonyl (C=O) groups excluding carboxylic acids is 2. The van der Waals surface area contributed by atoms with E-state index in [2.05, 4.69) is 16.1 Å². The fourth-order valence-electron chi connectivity index (χ4n) is 0.175. The van der Waals surface area contributed by atoms with E-state index in [1.807, 2.05) is 0 Å². The van der Waals surface area contributed by atoms with Crippen molar-refractivity contribution in [3.05, 3.63) is 12.7 Å². The minimum absolute atomic E-state index is 0.309. The molecule has 0 unspecified atom stereocenters. The smallest absolute Gasteiger partial charge is 0.293 e. The summed E-state index contributed by atoms with van der Waals surface area (Å²) in [6, 6.07) is 0. The molecule has 0 rings (SSSR count). The molecule has 0 saturated carbocycles. The van der Waals surface area contributed by atoms with Gasteiger partial charge in [-0.25, -0.2) is 0 Å². The molecule has 0 N–H and O–H groups in total. The molecular weight excluding hydrogens is 148 g/mol. The van der Waals surface area contributed by atoms with Crippen LogP contribution < -0.4 is 0 Å². The highest BCUT2D eigenvalue weighted by atomic mass is 16.5. The van der Waals surface area contributed by atoms with Crippen LogP contribution in [0, 0.1) is 0 Å². The maximum absolute atomic E-state index is 9.29. The quantitative estimate of drug-likeness (QED) is 0.334. The third kappa shape index (κ3) is 28.6. The van der Waals surface area contributed by atoms with Gasteiger partial charge in [0.15, 0.2) is 0 Å². The first kappa shape index (κ1) is 12.4. The second kappa shape index (κ2) is 15.9. The van der Waals surface area contributed by atoms with Crippen LogP contribution in [0.3, 0.4) is 0 Å². The van der Waals surface area contributed by atoms with Crippen LogP contribution >= 0.6 is 0 Å². The first-order valence-electron chi connectivity index (χ1n) is 3.04. The predicted molar refractivity (Wildman–Crippen MR) is 39.9 cm³/mol. The molecule has 0 radical (unpaired) electrons. The summed E-state index contributed by atoms with van der Waals surface area (Å²) >= 11 is 0. The van der Waals surface area contributed by atoms with Crippen LogP contribution in [0.2, 0.25) is 0 Å². The Hall–Kier alpha value is -1.32. The van der Waals surface area contributed by atoms with Crippen molar-refractivity contribution < 1.29 is 19.1 Å². The second-order valence-electron chi connectivity index (χ2n) is 1.27. The molecule has 64 valence electrons. The van der Waals surface area contributed by atoms with Crippen LogP contribution in [0.25, 0.3) is 0 Å². The van der Waals surface area contributed by atoms with E-state index in [0.29, 0.717) is 26.2 Å². The highest BCUT2D eigenvalue weighted by molar-refractivity contribution is 5.37. The molecule has 0 aliphatic rings. The maximum Gasteiger partial charge on any atom is 0.293 e. The molecule has 0 atom stereocenters. The van der Waals surface area contributed by atoms with Gasteiger partial charge < -0.3 is 9.47 Å². The van der Waals surface area contributed by atoms with E-state index >= 15 is 0 Å². The van der Waals surface area contributed by atoms with Crippen LogP contribution in [-0.4, -0.2) is 26.2 Å². The van der Waals surface area contributed by atoms with Gasteiger partial charge in [0.05, 0.1) is 6.61 Å². The Labute approximate surface area is 65.8 Å². The van der Waals surface area contributed by atoms with Crippen molar-refractivity contribution in [1.82, 2.24) is 0 Å². The van der Waals surface area contributed by atoms with E-state index in [1.54, 1.807) is 6.92 Å². The van der Waals surface area contributed by atoms with Crippen molar-refractivity contribution in [1.29, 1.82) is 0 Å². The Balaban J connectivity index is 0. The van der Waals surface area contributed by atoms with Crippen LogP contribution in [0.5, 0.6) is 0 Å². The van der Waals surface area contributed by atoms with E-state index in [4.69, 9.17) is 0 Å². The lowest BCUT2D eigenvalue weighted by Crippen LogP contribution is -1.83. The van der Waals surface area contributed by atoms with Crippen molar-refractivity contribution >= 4 is 12.9 Å². The number of hydrogen-bond acceptors (Lipinski definition) is 4. The lowest BCUT2D eigenvalue weighted by Gasteiger charge is -1.82. The third-order valence-electron chi connectivity index (χ3n) is 0.517. The van der Waals surface area contributed by atoms with E-state index in [-0.39, 0.29) is 0 Å². The zero-order valence-electron chi connectivity index (χ0n) is 6.49. The summed E-state index contributed by atoms with van der Waals surface area (Å²) in [5.41, 5.74) is 0. The average Bonchev–Trinajstić information content (AvgIpc) is 2.04. The lowest BCUT2D eigenvalue weighted by molar-refractivity contribution is -0.128. The Morgan fingerprint density at radius 1 is 1.27 bits per heavy atom. The summed E-state index contributed by atoms with van der Waals surface area (Å²) in [4.78, 5) is 18.5. The normalized spacial score (nSPS) is 6.64. The average molecular weight is 160 g/mol. The van der Waals surface area contributed by atoms with Crippen molar-refractivity contribution in [3.63, 3.8) is 0 Å². The molecule has 4 heteroatoms. The van der Waals surface area contributed by atoms with Crippen molar-refractivity contribution in [2.75, 3.05) is 13.2 Å². The van der Waals surface area contributed by atoms with E-state index in [1.165, 1.54) is 6.08 Å². The summed E-state index contributed by atoms with van der Waals surface area (Å²) in [6.45, 7) is 6.68. The Morgan fingerprint density at radius 3 is 1.91 bits per heavy atom. The third-order valence-corrected chi connectivity index (χ3v) is 0.517. The van der Waals surface area contributed by atoms with Crippen LogP contribution in [0.1, 0.15) is 6.92 Å². The topological polar surface area (TPSA) is 52.6 Å². The Bertz CT molecular complexity index is 92.6. The molecule has 0 saturated heterocycles. The van der Waals surface area contributed by atoms with Crippen LogP contribution in [0.4, 0.5) is 0 Å². The van der Waals surface area contributed by atoms with Crippen molar-refractivity contribution in [3.8, 4) is 0 Å². The molecule has 0 aliphatic heterocycles. The molecule has 0 heterocycles. The summed E-state index contributed by atoms with van der Waals surface area (Å²) < 4.78 is 8.34. The van der Waals surface area contributed by atoms with Crippen LogP contribution in [-0.2, 0) is 19.1 Å². The molecular formula is C7H12O4. The molecule has 0 aromatic carbocycles. The van der Waals surface area contributed by atoms with Gasteiger partial charge in [0.2, 0.25) is 0 Å². The van der Waals surface area contributed by atoms with Gasteiger partial charge in [-0.2, -0.15) is 0 Å². The first-order chi connectivity index (χ1) is 5.33. The largest absolute Gasteiger partial charge is 0.468 e. The first-order valence-corrected chi connectivity index (χ1v) is 3.04. The minimum atomic E-state index is 0.309. The van der Waals surface area contributed by atoms with E-state index in [9.17, 15) is 9.59 Å². The lowest BCUT2D eigenvalue weighted by atomic mass is 10.7. The maximum atomic E-state index is 9.29. The molecule has 0 spiro atoms. The van der Waals surface area contributed by atoms with E-state index < -0.39 is 0 Å². The summed E-state index contributed by atoms with van der Waals surface area (Å²) in [6.07, 6.45) is 1.51. The number of carbonyl (C=O) groups is 2. The summed E-state index contributed by atoms with van der Waals surface area (Å²) in [5.74, 6) is 0. The molecule has 4 nitrogen and oxygen atoms in total. The zero-order valence-corrected chi connectivity index (χ0v) is 6.49. The van der Waals surface area contributed by atoms with Gasteiger partial charge in [-0.3, -0.25) is 9.59 Å². The van der Waals surface area contributed by atoms with Crippen molar-refractivity contribution in [2.24, 2.45) is 0 Å². The van der Waals surface area contributed by atoms with Gasteiger partial charge in [0, 0.05) is 0 Å². The number of hydrogen-bond donors (Lipinski definition) is 0. The fraction of sp³-hybridized carbons (Fsp3) is 0.429. The summed E-state index contributed by atoms with van der Waals surface area (Å²) in [7, 11) is 0. The monoisotopic (exact) mass is 160 g/mol. The minimum Gasteiger partial charge on any atom is -0.468 e. The zero-order chi connectivity index (χ0) is 8.95. The Morgan fingerprint density at radius 2 is 1.82 bits per heavy atom. The summed E-state index contributed by atoms with van der Waals surface area (Å²) in [5, 5.41) is 0.